The highest BCUT2D eigenvalue weighted by atomic mass is 35.5. The lowest BCUT2D eigenvalue weighted by atomic mass is 10.1. The number of nitrogens with two attached hydrogens (primary N) is 1. The van der Waals surface area contributed by atoms with Crippen LogP contribution in [0.15, 0.2) is 30.7 Å². The first-order valence-corrected chi connectivity index (χ1v) is 13.9. The van der Waals surface area contributed by atoms with E-state index in [2.05, 4.69) is 62.3 Å². The third kappa shape index (κ3) is 6.53. The van der Waals surface area contributed by atoms with Crippen molar-refractivity contribution in [3.8, 4) is 12.8 Å². The zero-order valence-electron chi connectivity index (χ0n) is 22.8. The van der Waals surface area contributed by atoms with Crippen molar-refractivity contribution < 1.29 is 13.2 Å². The zero-order valence-corrected chi connectivity index (χ0v) is 23.5. The Morgan fingerprint density at radius 1 is 1.20 bits per heavy atom. The smallest absolute Gasteiger partial charge is 0.383 e. The van der Waals surface area contributed by atoms with Crippen LogP contribution in [-0.2, 0) is 12.6 Å². The van der Waals surface area contributed by atoms with E-state index in [0.717, 1.165) is 55.9 Å². The number of aromatic nitrogens is 5. The Labute approximate surface area is 237 Å². The number of nitrogen functional groups attached to an aromatic ring is 1. The number of alkyl halides is 3. The molecule has 1 fully saturated rings. The monoisotopic (exact) mass is 573 g/mol. The van der Waals surface area contributed by atoms with Crippen LogP contribution in [0.2, 0.25) is 5.02 Å². The SMILES string of the molecule is C#C.CC(C)N(CCCCc1nc2cc(Cl)c(C(F)(F)F)cc2[nH]1)C[C@@H]1CC[C@H](n2ccc3c(N)ncnc32)C1. The average molecular weight is 574 g/mol. The summed E-state index contributed by atoms with van der Waals surface area (Å²) in [5.74, 6) is 1.82. The van der Waals surface area contributed by atoms with Crippen LogP contribution < -0.4 is 5.73 Å². The molecule has 4 aromatic rings. The van der Waals surface area contributed by atoms with Crippen LogP contribution in [0.4, 0.5) is 19.0 Å². The van der Waals surface area contributed by atoms with Gasteiger partial charge in [-0.1, -0.05) is 11.6 Å². The standard InChI is InChI=1S/C27H33ClF3N7.C2H2/c1-16(2)37(14-17-6-7-18(11-17)38-10-8-19-25(32)33-15-34-26(19)38)9-4-3-5-24-35-22-12-20(27(29,30)31)21(28)13-23(22)36-24;1-2/h8,10,12-13,15-18H,3-7,9,11,14H2,1-2H3,(H,35,36)(H2,32,33,34);1-2H/t17-,18+;/m1./s1. The van der Waals surface area contributed by atoms with E-state index in [1.54, 1.807) is 0 Å². The molecule has 2 atom stereocenters. The van der Waals surface area contributed by atoms with Crippen LogP contribution in [0, 0.1) is 18.8 Å². The van der Waals surface area contributed by atoms with E-state index >= 15 is 0 Å². The van der Waals surface area contributed by atoms with Crippen molar-refractivity contribution in [2.75, 3.05) is 18.8 Å². The first kappa shape index (κ1) is 29.7. The van der Waals surface area contributed by atoms with Gasteiger partial charge in [0.2, 0.25) is 0 Å². The predicted molar refractivity (Wildman–Crippen MR) is 154 cm³/mol. The van der Waals surface area contributed by atoms with Crippen molar-refractivity contribution in [1.29, 1.82) is 0 Å². The Morgan fingerprint density at radius 2 is 1.98 bits per heavy atom. The van der Waals surface area contributed by atoms with E-state index in [0.29, 0.717) is 47.1 Å². The largest absolute Gasteiger partial charge is 0.417 e. The summed E-state index contributed by atoms with van der Waals surface area (Å²) in [6.45, 7) is 6.48. The molecule has 1 aliphatic carbocycles. The maximum Gasteiger partial charge on any atom is 0.417 e. The van der Waals surface area contributed by atoms with Gasteiger partial charge in [-0.15, -0.1) is 12.8 Å². The minimum absolute atomic E-state index is 0.327. The highest BCUT2D eigenvalue weighted by Crippen LogP contribution is 2.38. The Hall–Kier alpha value is -3.29. The summed E-state index contributed by atoms with van der Waals surface area (Å²) < 4.78 is 41.7. The summed E-state index contributed by atoms with van der Waals surface area (Å²) in [5.41, 5.74) is 6.90. The number of fused-ring (bicyclic) bond motifs is 2. The second kappa shape index (κ2) is 12.5. The zero-order chi connectivity index (χ0) is 29.0. The van der Waals surface area contributed by atoms with Crippen LogP contribution in [0.25, 0.3) is 22.1 Å². The van der Waals surface area contributed by atoms with Gasteiger partial charge in [-0.2, -0.15) is 13.2 Å². The van der Waals surface area contributed by atoms with E-state index in [1.807, 2.05) is 6.07 Å². The lowest BCUT2D eigenvalue weighted by molar-refractivity contribution is -0.137. The number of rotatable bonds is 9. The number of anilines is 1. The Balaban J connectivity index is 0.00000181. The van der Waals surface area contributed by atoms with Crippen molar-refractivity contribution in [2.24, 2.45) is 5.92 Å². The van der Waals surface area contributed by atoms with Gasteiger partial charge in [-0.05, 0) is 76.6 Å². The van der Waals surface area contributed by atoms with Gasteiger partial charge in [0.05, 0.1) is 27.0 Å². The fourth-order valence-corrected chi connectivity index (χ4v) is 5.94. The van der Waals surface area contributed by atoms with Gasteiger partial charge in [-0.25, -0.2) is 15.0 Å². The van der Waals surface area contributed by atoms with Gasteiger partial charge in [0.1, 0.15) is 23.6 Å². The quantitative estimate of drug-likeness (QED) is 0.168. The molecule has 0 amide bonds. The molecule has 1 saturated carbocycles. The van der Waals surface area contributed by atoms with E-state index in [4.69, 9.17) is 17.3 Å². The number of nitrogens with one attached hydrogen (secondary N) is 1. The van der Waals surface area contributed by atoms with Crippen LogP contribution >= 0.6 is 11.6 Å². The van der Waals surface area contributed by atoms with Crippen LogP contribution in [0.5, 0.6) is 0 Å². The number of imidazole rings is 1. The number of aromatic amines is 1. The Kier molecular flexibility index (Phi) is 9.26. The van der Waals surface area contributed by atoms with Crippen molar-refractivity contribution in [2.45, 2.75) is 70.6 Å². The van der Waals surface area contributed by atoms with E-state index < -0.39 is 11.7 Å². The molecule has 0 radical (unpaired) electrons. The fourth-order valence-electron chi connectivity index (χ4n) is 5.67. The first-order chi connectivity index (χ1) is 19.1. The first-order valence-electron chi connectivity index (χ1n) is 13.5. The summed E-state index contributed by atoms with van der Waals surface area (Å²) in [7, 11) is 0. The number of H-pyrrole nitrogens is 1. The molecule has 11 heteroatoms. The molecule has 1 aliphatic rings. The van der Waals surface area contributed by atoms with Crippen molar-refractivity contribution in [3.63, 3.8) is 0 Å². The number of halogens is 4. The topological polar surface area (TPSA) is 88.7 Å². The van der Waals surface area contributed by atoms with Crippen molar-refractivity contribution >= 4 is 39.5 Å². The number of unbranched alkanes of at least 4 members (excludes halogenated alkanes) is 1. The average Bonchev–Trinajstić information content (AvgIpc) is 3.64. The number of terminal acetylenes is 1. The van der Waals surface area contributed by atoms with Crippen LogP contribution in [-0.4, -0.2) is 48.5 Å². The molecule has 0 aliphatic heterocycles. The molecule has 3 heterocycles. The van der Waals surface area contributed by atoms with Gasteiger partial charge in [0.15, 0.2) is 0 Å². The van der Waals surface area contributed by atoms with Gasteiger partial charge in [-0.3, -0.25) is 0 Å². The second-order valence-corrected chi connectivity index (χ2v) is 11.0. The van der Waals surface area contributed by atoms with E-state index in [9.17, 15) is 13.2 Å². The fraction of sp³-hybridized carbons (Fsp3) is 0.483. The molecule has 0 saturated heterocycles. The summed E-state index contributed by atoms with van der Waals surface area (Å²) in [6, 6.07) is 5.18. The molecule has 40 heavy (non-hydrogen) atoms. The molecular weight excluding hydrogens is 539 g/mol. The normalized spacial score (nSPS) is 17.6. The van der Waals surface area contributed by atoms with Gasteiger partial charge >= 0.3 is 6.18 Å². The second-order valence-electron chi connectivity index (χ2n) is 10.6. The van der Waals surface area contributed by atoms with Crippen LogP contribution in [0.1, 0.15) is 63.4 Å². The third-order valence-corrected chi connectivity index (χ3v) is 8.02. The van der Waals surface area contributed by atoms with Crippen molar-refractivity contribution in [3.05, 3.63) is 47.1 Å². The third-order valence-electron chi connectivity index (χ3n) is 7.70. The van der Waals surface area contributed by atoms with Gasteiger partial charge in [0, 0.05) is 31.2 Å². The number of aryl methyl sites for hydroxylation is 1. The molecule has 3 N–H and O–H groups in total. The lowest BCUT2D eigenvalue weighted by Crippen LogP contribution is -2.35. The molecule has 214 valence electrons. The highest BCUT2D eigenvalue weighted by Gasteiger charge is 2.34. The van der Waals surface area contributed by atoms with E-state index in [1.165, 1.54) is 18.8 Å². The predicted octanol–water partition coefficient (Wildman–Crippen LogP) is 6.89. The molecule has 0 spiro atoms. The molecule has 3 aromatic heterocycles. The summed E-state index contributed by atoms with van der Waals surface area (Å²) in [6.07, 6.45) is 13.1. The maximum atomic E-state index is 13.2. The minimum Gasteiger partial charge on any atom is -0.383 e. The summed E-state index contributed by atoms with van der Waals surface area (Å²) in [4.78, 5) is 18.6. The lowest BCUT2D eigenvalue weighted by Gasteiger charge is -2.29. The number of hydrogen-bond donors (Lipinski definition) is 2. The molecular formula is C29H35ClF3N7. The summed E-state index contributed by atoms with van der Waals surface area (Å²) in [5, 5.41) is 0.584. The molecule has 7 nitrogen and oxygen atoms in total. The number of benzene rings is 1. The maximum absolute atomic E-state index is 13.2. The molecule has 0 bridgehead atoms. The highest BCUT2D eigenvalue weighted by molar-refractivity contribution is 6.32. The number of nitrogens with zero attached hydrogens (tertiary/aromatic N) is 5. The van der Waals surface area contributed by atoms with Crippen molar-refractivity contribution in [1.82, 2.24) is 29.4 Å². The van der Waals surface area contributed by atoms with Gasteiger partial charge < -0.3 is 20.2 Å². The molecule has 1 aromatic carbocycles. The molecule has 0 unspecified atom stereocenters. The van der Waals surface area contributed by atoms with Gasteiger partial charge in [0.25, 0.3) is 0 Å². The Morgan fingerprint density at radius 3 is 2.70 bits per heavy atom. The molecule has 5 rings (SSSR count). The summed E-state index contributed by atoms with van der Waals surface area (Å²) >= 11 is 5.84. The van der Waals surface area contributed by atoms with Crippen LogP contribution in [0.3, 0.4) is 0 Å². The number of hydrogen-bond acceptors (Lipinski definition) is 5. The minimum atomic E-state index is -4.49. The van der Waals surface area contributed by atoms with E-state index in [-0.39, 0.29) is 5.02 Å². The Bertz CT molecular complexity index is 1460.